The summed E-state index contributed by atoms with van der Waals surface area (Å²) >= 11 is 5.41. The molecule has 0 spiro atoms. The van der Waals surface area contributed by atoms with E-state index in [2.05, 4.69) is 12.6 Å². The van der Waals surface area contributed by atoms with Gasteiger partial charge in [-0.05, 0) is 31.8 Å². The van der Waals surface area contributed by atoms with Crippen molar-refractivity contribution in [1.29, 1.82) is 0 Å². The molecule has 6 heteroatoms. The van der Waals surface area contributed by atoms with Gasteiger partial charge in [-0.3, -0.25) is 4.79 Å². The lowest BCUT2D eigenvalue weighted by Gasteiger charge is -2.10. The molecule has 92 valence electrons. The number of carboxylic acid groups (broad SMARTS) is 1. The van der Waals surface area contributed by atoms with E-state index in [0.29, 0.717) is 12.8 Å². The second kappa shape index (κ2) is 9.33. The van der Waals surface area contributed by atoms with Crippen molar-refractivity contribution in [3.8, 4) is 0 Å². The lowest BCUT2D eigenvalue weighted by Crippen LogP contribution is -2.30. The first-order chi connectivity index (χ1) is 6.74. The predicted molar refractivity (Wildman–Crippen MR) is 68.5 cm³/mol. The van der Waals surface area contributed by atoms with Crippen LogP contribution in [0.4, 0.5) is 0 Å². The third-order valence-electron chi connectivity index (χ3n) is 1.62. The molecule has 0 saturated heterocycles. The van der Waals surface area contributed by atoms with Crippen LogP contribution in [-0.2, 0) is 4.79 Å². The van der Waals surface area contributed by atoms with Gasteiger partial charge in [-0.1, -0.05) is 6.92 Å². The Labute approximate surface area is 101 Å². The number of thiol groups is 1. The lowest BCUT2D eigenvalue weighted by molar-refractivity contribution is -0.138. The number of hydrogen-bond donors (Lipinski definition) is 4. The molecule has 4 nitrogen and oxygen atoms in total. The highest BCUT2D eigenvalue weighted by atomic mass is 32.2. The van der Waals surface area contributed by atoms with Gasteiger partial charge in [0, 0.05) is 0 Å². The first-order valence-electron chi connectivity index (χ1n) is 4.66. The number of hydrogen-bond acceptors (Lipinski definition) is 5. The van der Waals surface area contributed by atoms with E-state index in [0.717, 1.165) is 5.75 Å². The van der Waals surface area contributed by atoms with Crippen molar-refractivity contribution in [3.05, 3.63) is 0 Å². The summed E-state index contributed by atoms with van der Waals surface area (Å²) in [6, 6.07) is -0.683. The summed E-state index contributed by atoms with van der Waals surface area (Å²) < 4.78 is 0. The maximum absolute atomic E-state index is 10.1. The van der Waals surface area contributed by atoms with Crippen LogP contribution in [0.3, 0.4) is 0 Å². The Balaban J connectivity index is 0. The quantitative estimate of drug-likeness (QED) is 0.438. The van der Waals surface area contributed by atoms with Gasteiger partial charge in [0.05, 0.1) is 0 Å². The van der Waals surface area contributed by atoms with Gasteiger partial charge in [0.25, 0.3) is 0 Å². The molecular weight excluding hydrogens is 234 g/mol. The Kier molecular flexibility index (Phi) is 10.9. The Bertz CT molecular complexity index is 171. The molecule has 0 bridgehead atoms. The molecule has 4 N–H and O–H groups in total. The minimum atomic E-state index is -0.913. The second-order valence-corrected chi connectivity index (χ2v) is 5.25. The van der Waals surface area contributed by atoms with Crippen LogP contribution in [0.15, 0.2) is 0 Å². The summed E-state index contributed by atoms with van der Waals surface area (Å²) in [5.74, 6) is -0.1000. The van der Waals surface area contributed by atoms with Gasteiger partial charge >= 0.3 is 5.97 Å². The topological polar surface area (TPSA) is 83.5 Å². The van der Waals surface area contributed by atoms with Crippen molar-refractivity contribution in [2.45, 2.75) is 37.7 Å². The van der Waals surface area contributed by atoms with Crippen molar-refractivity contribution < 1.29 is 15.0 Å². The minimum Gasteiger partial charge on any atom is -0.480 e. The van der Waals surface area contributed by atoms with Crippen molar-refractivity contribution in [2.75, 3.05) is 12.0 Å². The van der Waals surface area contributed by atoms with Crippen LogP contribution in [0.25, 0.3) is 0 Å². The van der Waals surface area contributed by atoms with E-state index in [4.69, 9.17) is 15.9 Å². The molecular formula is C9H21NO3S2. The highest BCUT2D eigenvalue weighted by Crippen LogP contribution is 2.10. The Hall–Kier alpha value is 0.0900. The third kappa shape index (κ3) is 16.7. The van der Waals surface area contributed by atoms with Crippen molar-refractivity contribution >= 4 is 30.4 Å². The standard InChI is InChI=1S/C5H11NO2S.C4H10OS/c1-9-3-2-4(6)5(7)8;1-3-4(2,5)6/h4H,2-3,6H2,1H3,(H,7,8);5-6H,3H2,1-2H3. The number of aliphatic carboxylic acids is 1. The van der Waals surface area contributed by atoms with Gasteiger partial charge in [-0.15, -0.1) is 12.6 Å². The molecule has 0 radical (unpaired) electrons. The zero-order valence-corrected chi connectivity index (χ0v) is 11.1. The van der Waals surface area contributed by atoms with Crippen LogP contribution >= 0.6 is 24.4 Å². The van der Waals surface area contributed by atoms with Gasteiger partial charge in [0.2, 0.25) is 0 Å². The number of carbonyl (C=O) groups is 1. The van der Waals surface area contributed by atoms with Gasteiger partial charge in [0.1, 0.15) is 11.0 Å². The molecule has 0 amide bonds. The molecule has 0 aliphatic heterocycles. The van der Waals surface area contributed by atoms with E-state index in [1.165, 1.54) is 0 Å². The van der Waals surface area contributed by atoms with Crippen molar-refractivity contribution in [1.82, 2.24) is 0 Å². The molecule has 0 aromatic heterocycles. The zero-order chi connectivity index (χ0) is 12.5. The molecule has 0 aromatic rings. The Morgan fingerprint density at radius 3 is 2.27 bits per heavy atom. The molecule has 0 aromatic carbocycles. The van der Waals surface area contributed by atoms with E-state index in [1.807, 2.05) is 13.2 Å². The largest absolute Gasteiger partial charge is 0.480 e. The van der Waals surface area contributed by atoms with Crippen LogP contribution < -0.4 is 5.73 Å². The fraction of sp³-hybridized carbons (Fsp3) is 0.889. The summed E-state index contributed by atoms with van der Waals surface area (Å²) in [4.78, 5) is 9.31. The van der Waals surface area contributed by atoms with Gasteiger partial charge < -0.3 is 15.9 Å². The van der Waals surface area contributed by atoms with Crippen molar-refractivity contribution in [3.63, 3.8) is 0 Å². The number of aliphatic hydroxyl groups is 1. The summed E-state index contributed by atoms with van der Waals surface area (Å²) in [7, 11) is 0. The molecule has 0 heterocycles. The van der Waals surface area contributed by atoms with E-state index in [1.54, 1.807) is 18.7 Å². The first-order valence-corrected chi connectivity index (χ1v) is 6.50. The Morgan fingerprint density at radius 1 is 1.67 bits per heavy atom. The fourth-order valence-electron chi connectivity index (χ4n) is 0.368. The zero-order valence-electron chi connectivity index (χ0n) is 9.43. The summed E-state index contributed by atoms with van der Waals surface area (Å²) in [6.45, 7) is 3.54. The maximum atomic E-state index is 10.1. The first kappa shape index (κ1) is 17.5. The summed E-state index contributed by atoms with van der Waals surface area (Å²) in [5.41, 5.74) is 5.19. The molecule has 0 aliphatic rings. The van der Waals surface area contributed by atoms with Crippen LogP contribution in [-0.4, -0.2) is 39.2 Å². The average Bonchev–Trinajstić information content (AvgIpc) is 2.13. The number of thioether (sulfide) groups is 1. The molecule has 0 rings (SSSR count). The predicted octanol–water partition coefficient (Wildman–Crippen LogP) is 1.19. The van der Waals surface area contributed by atoms with E-state index < -0.39 is 16.9 Å². The number of rotatable bonds is 5. The van der Waals surface area contributed by atoms with Crippen molar-refractivity contribution in [2.24, 2.45) is 5.73 Å². The van der Waals surface area contributed by atoms with Gasteiger partial charge in [-0.25, -0.2) is 0 Å². The maximum Gasteiger partial charge on any atom is 0.320 e. The minimum absolute atomic E-state index is 0.552. The number of nitrogens with two attached hydrogens (primary N) is 1. The highest BCUT2D eigenvalue weighted by molar-refractivity contribution is 7.98. The fourth-order valence-corrected chi connectivity index (χ4v) is 0.858. The number of carboxylic acids is 1. The molecule has 2 atom stereocenters. The third-order valence-corrected chi connectivity index (χ3v) is 2.58. The summed E-state index contributed by atoms with van der Waals surface area (Å²) in [6.07, 6.45) is 3.17. The van der Waals surface area contributed by atoms with E-state index >= 15 is 0 Å². The summed E-state index contributed by atoms with van der Waals surface area (Å²) in [5, 5.41) is 17.0. The molecule has 0 saturated carbocycles. The molecule has 0 fully saturated rings. The van der Waals surface area contributed by atoms with Gasteiger partial charge in [0.15, 0.2) is 0 Å². The monoisotopic (exact) mass is 255 g/mol. The molecule has 15 heavy (non-hydrogen) atoms. The SMILES string of the molecule is CCC(C)(O)S.CSCCC(N)C(=O)O. The average molecular weight is 255 g/mol. The highest BCUT2D eigenvalue weighted by Gasteiger charge is 2.09. The van der Waals surface area contributed by atoms with Gasteiger partial charge in [-0.2, -0.15) is 11.8 Å². The van der Waals surface area contributed by atoms with Crippen LogP contribution in [0, 0.1) is 0 Å². The van der Waals surface area contributed by atoms with E-state index in [-0.39, 0.29) is 0 Å². The molecule has 0 aliphatic carbocycles. The molecule has 2 unspecified atom stereocenters. The van der Waals surface area contributed by atoms with Crippen LogP contribution in [0.1, 0.15) is 26.7 Å². The lowest BCUT2D eigenvalue weighted by atomic mass is 10.2. The van der Waals surface area contributed by atoms with Crippen LogP contribution in [0.5, 0.6) is 0 Å². The van der Waals surface area contributed by atoms with E-state index in [9.17, 15) is 4.79 Å². The normalized spacial score (nSPS) is 15.9. The van der Waals surface area contributed by atoms with Crippen LogP contribution in [0.2, 0.25) is 0 Å². The smallest absolute Gasteiger partial charge is 0.320 e. The Morgan fingerprint density at radius 2 is 2.07 bits per heavy atom. The second-order valence-electron chi connectivity index (χ2n) is 3.30.